The maximum Gasteiger partial charge on any atom is 0.322 e. The molecule has 0 aliphatic carbocycles. The summed E-state index contributed by atoms with van der Waals surface area (Å²) in [5, 5.41) is 10.3. The van der Waals surface area contributed by atoms with E-state index in [1.54, 1.807) is 30.3 Å². The normalized spacial score (nSPS) is 11.4. The summed E-state index contributed by atoms with van der Waals surface area (Å²) in [7, 11) is -3.40. The Balaban J connectivity index is 1.49. The van der Waals surface area contributed by atoms with E-state index in [9.17, 15) is 13.2 Å². The lowest BCUT2D eigenvalue weighted by molar-refractivity contribution is -0.116. The van der Waals surface area contributed by atoms with Crippen LogP contribution in [-0.4, -0.2) is 30.3 Å². The molecule has 0 radical (unpaired) electrons. The second-order valence-corrected chi connectivity index (χ2v) is 8.99. The van der Waals surface area contributed by atoms with Gasteiger partial charge in [0.15, 0.2) is 9.84 Å². The second-order valence-electron chi connectivity index (χ2n) is 6.88. The maximum atomic E-state index is 12.2. The number of carbonyl (C=O) groups excluding carboxylic acids is 1. The van der Waals surface area contributed by atoms with Crippen LogP contribution in [0.4, 0.5) is 6.01 Å². The maximum absolute atomic E-state index is 12.2. The van der Waals surface area contributed by atoms with Gasteiger partial charge in [0.1, 0.15) is 0 Å². The first-order valence-electron chi connectivity index (χ1n) is 9.30. The van der Waals surface area contributed by atoms with E-state index in [-0.39, 0.29) is 35.4 Å². The standard InChI is InChI=1S/C21H23N3O4S/c1-15-10-11-17(13-16(15)2)14-20-23-24-21(28-20)22-19(25)9-6-12-29(26,27)18-7-4-3-5-8-18/h3-5,7-8,10-11,13H,6,9,12,14H2,1-2H3,(H,22,24,25). The zero-order valence-electron chi connectivity index (χ0n) is 16.4. The van der Waals surface area contributed by atoms with Crippen LogP contribution in [0.1, 0.15) is 35.4 Å². The summed E-state index contributed by atoms with van der Waals surface area (Å²) in [5.41, 5.74) is 3.43. The average molecular weight is 413 g/mol. The molecule has 29 heavy (non-hydrogen) atoms. The number of aryl methyl sites for hydroxylation is 2. The first kappa shape index (κ1) is 20.7. The second kappa shape index (κ2) is 9.00. The van der Waals surface area contributed by atoms with Crippen molar-refractivity contribution in [3.8, 4) is 0 Å². The number of sulfone groups is 1. The summed E-state index contributed by atoms with van der Waals surface area (Å²) in [6.07, 6.45) is 0.715. The fourth-order valence-electron chi connectivity index (χ4n) is 2.81. The van der Waals surface area contributed by atoms with E-state index in [4.69, 9.17) is 4.42 Å². The number of nitrogens with zero attached hydrogens (tertiary/aromatic N) is 2. The van der Waals surface area contributed by atoms with Gasteiger partial charge < -0.3 is 4.42 Å². The van der Waals surface area contributed by atoms with Crippen molar-refractivity contribution in [3.63, 3.8) is 0 Å². The van der Waals surface area contributed by atoms with Gasteiger partial charge in [-0.3, -0.25) is 10.1 Å². The fraction of sp³-hybridized carbons (Fsp3) is 0.286. The summed E-state index contributed by atoms with van der Waals surface area (Å²) >= 11 is 0. The molecular formula is C21H23N3O4S. The van der Waals surface area contributed by atoms with Crippen molar-refractivity contribution >= 4 is 21.8 Å². The number of anilines is 1. The largest absolute Gasteiger partial charge is 0.407 e. The molecule has 0 aliphatic rings. The monoisotopic (exact) mass is 413 g/mol. The lowest BCUT2D eigenvalue weighted by atomic mass is 10.0. The number of hydrogen-bond acceptors (Lipinski definition) is 6. The summed E-state index contributed by atoms with van der Waals surface area (Å²) in [6, 6.07) is 14.3. The van der Waals surface area contributed by atoms with Gasteiger partial charge in [0.05, 0.1) is 17.1 Å². The SMILES string of the molecule is Cc1ccc(Cc2nnc(NC(=O)CCCS(=O)(=O)c3ccccc3)o2)cc1C. The van der Waals surface area contributed by atoms with E-state index in [0.29, 0.717) is 12.3 Å². The number of nitrogens with one attached hydrogen (secondary N) is 1. The lowest BCUT2D eigenvalue weighted by Crippen LogP contribution is -2.14. The Morgan fingerprint density at radius 3 is 2.52 bits per heavy atom. The van der Waals surface area contributed by atoms with Crippen LogP contribution in [-0.2, 0) is 21.1 Å². The minimum atomic E-state index is -3.40. The third-order valence-corrected chi connectivity index (χ3v) is 6.38. The highest BCUT2D eigenvalue weighted by Crippen LogP contribution is 2.16. The number of aromatic nitrogens is 2. The molecule has 1 aromatic heterocycles. The van der Waals surface area contributed by atoms with E-state index in [1.165, 1.54) is 11.1 Å². The first-order valence-corrected chi connectivity index (χ1v) is 10.9. The fourth-order valence-corrected chi connectivity index (χ4v) is 4.15. The van der Waals surface area contributed by atoms with E-state index < -0.39 is 9.84 Å². The zero-order valence-corrected chi connectivity index (χ0v) is 17.2. The number of rotatable bonds is 8. The van der Waals surface area contributed by atoms with Crippen molar-refractivity contribution < 1.29 is 17.6 Å². The molecule has 3 rings (SSSR count). The zero-order chi connectivity index (χ0) is 20.9. The average Bonchev–Trinajstić information content (AvgIpc) is 3.12. The van der Waals surface area contributed by atoms with Crippen molar-refractivity contribution in [2.45, 2.75) is 38.0 Å². The van der Waals surface area contributed by atoms with Crippen LogP contribution in [0.15, 0.2) is 57.8 Å². The Morgan fingerprint density at radius 1 is 1.03 bits per heavy atom. The third kappa shape index (κ3) is 5.74. The van der Waals surface area contributed by atoms with E-state index in [1.807, 2.05) is 26.0 Å². The molecule has 1 heterocycles. The summed E-state index contributed by atoms with van der Waals surface area (Å²) in [5.74, 6) is -0.0726. The number of hydrogen-bond donors (Lipinski definition) is 1. The molecular weight excluding hydrogens is 390 g/mol. The van der Waals surface area contributed by atoms with E-state index in [2.05, 4.69) is 21.6 Å². The highest BCUT2D eigenvalue weighted by atomic mass is 32.2. The highest BCUT2D eigenvalue weighted by molar-refractivity contribution is 7.91. The van der Waals surface area contributed by atoms with Crippen molar-refractivity contribution in [1.29, 1.82) is 0 Å². The van der Waals surface area contributed by atoms with Crippen molar-refractivity contribution in [2.75, 3.05) is 11.1 Å². The van der Waals surface area contributed by atoms with Crippen molar-refractivity contribution in [3.05, 3.63) is 71.1 Å². The van der Waals surface area contributed by atoms with E-state index in [0.717, 1.165) is 5.56 Å². The molecule has 3 aromatic rings. The molecule has 0 saturated heterocycles. The van der Waals surface area contributed by atoms with Crippen molar-refractivity contribution in [1.82, 2.24) is 10.2 Å². The molecule has 0 aliphatic heterocycles. The van der Waals surface area contributed by atoms with Gasteiger partial charge in [0.25, 0.3) is 0 Å². The van der Waals surface area contributed by atoms with Gasteiger partial charge >= 0.3 is 6.01 Å². The molecule has 0 saturated carbocycles. The number of carbonyl (C=O) groups is 1. The van der Waals surface area contributed by atoms with Gasteiger partial charge in [-0.2, -0.15) is 0 Å². The van der Waals surface area contributed by atoms with Gasteiger partial charge in [-0.05, 0) is 49.1 Å². The number of benzene rings is 2. The van der Waals surface area contributed by atoms with Gasteiger partial charge in [-0.25, -0.2) is 8.42 Å². The predicted molar refractivity (Wildman–Crippen MR) is 109 cm³/mol. The molecule has 1 amide bonds. The molecule has 8 heteroatoms. The lowest BCUT2D eigenvalue weighted by Gasteiger charge is -2.04. The molecule has 7 nitrogen and oxygen atoms in total. The Kier molecular flexibility index (Phi) is 6.43. The summed E-state index contributed by atoms with van der Waals surface area (Å²) in [4.78, 5) is 12.3. The molecule has 0 atom stereocenters. The summed E-state index contributed by atoms with van der Waals surface area (Å²) < 4.78 is 29.9. The Bertz CT molecular complexity index is 1090. The molecule has 2 aromatic carbocycles. The van der Waals surface area contributed by atoms with E-state index >= 15 is 0 Å². The van der Waals surface area contributed by atoms with Crippen LogP contribution in [0.25, 0.3) is 0 Å². The summed E-state index contributed by atoms with van der Waals surface area (Å²) in [6.45, 7) is 4.08. The molecule has 152 valence electrons. The first-order chi connectivity index (χ1) is 13.8. The van der Waals surface area contributed by atoms with Crippen LogP contribution >= 0.6 is 0 Å². The molecule has 0 fully saturated rings. The smallest absolute Gasteiger partial charge is 0.322 e. The van der Waals surface area contributed by atoms with Gasteiger partial charge in [0, 0.05) is 6.42 Å². The molecule has 0 unspecified atom stereocenters. The Labute approximate surface area is 170 Å². The Hall–Kier alpha value is -3.00. The Morgan fingerprint density at radius 2 is 1.79 bits per heavy atom. The third-order valence-electron chi connectivity index (χ3n) is 4.56. The highest BCUT2D eigenvalue weighted by Gasteiger charge is 2.16. The minimum absolute atomic E-state index is 0.0137. The van der Waals surface area contributed by atoms with Crippen LogP contribution in [0.2, 0.25) is 0 Å². The van der Waals surface area contributed by atoms with Crippen molar-refractivity contribution in [2.24, 2.45) is 0 Å². The molecule has 1 N–H and O–H groups in total. The predicted octanol–water partition coefficient (Wildman–Crippen LogP) is 3.47. The van der Waals surface area contributed by atoms with Crippen LogP contribution < -0.4 is 5.32 Å². The quantitative estimate of drug-likeness (QED) is 0.607. The number of amides is 1. The van der Waals surface area contributed by atoms with Crippen LogP contribution in [0.3, 0.4) is 0 Å². The van der Waals surface area contributed by atoms with Gasteiger partial charge in [-0.15, -0.1) is 5.10 Å². The molecule has 0 bridgehead atoms. The topological polar surface area (TPSA) is 102 Å². The van der Waals surface area contributed by atoms with Crippen LogP contribution in [0, 0.1) is 13.8 Å². The van der Waals surface area contributed by atoms with Gasteiger partial charge in [-0.1, -0.05) is 41.5 Å². The van der Waals surface area contributed by atoms with Crippen LogP contribution in [0.5, 0.6) is 0 Å². The van der Waals surface area contributed by atoms with Gasteiger partial charge in [0.2, 0.25) is 11.8 Å². The minimum Gasteiger partial charge on any atom is -0.407 e. The molecule has 0 spiro atoms.